The van der Waals surface area contributed by atoms with Gasteiger partial charge < -0.3 is 5.73 Å². The van der Waals surface area contributed by atoms with Gasteiger partial charge in [-0.15, -0.1) is 5.10 Å². The molecule has 23 heavy (non-hydrogen) atoms. The van der Waals surface area contributed by atoms with Gasteiger partial charge in [0.05, 0.1) is 11.2 Å². The molecule has 2 aromatic heterocycles. The number of hydrogen-bond acceptors (Lipinski definition) is 3. The SMILES string of the molecule is N#Cc1c(N)nn2c(-c3ccccc3)cc3ccc(F)cc3c12. The van der Waals surface area contributed by atoms with Crippen molar-refractivity contribution >= 4 is 22.1 Å². The quantitative estimate of drug-likeness (QED) is 0.582. The first-order valence-electron chi connectivity index (χ1n) is 7.05. The van der Waals surface area contributed by atoms with Crippen LogP contribution in [0.3, 0.4) is 0 Å². The molecule has 0 bridgehead atoms. The first kappa shape index (κ1) is 13.3. The zero-order valence-electron chi connectivity index (χ0n) is 12.0. The average Bonchev–Trinajstić information content (AvgIpc) is 2.91. The molecule has 0 saturated carbocycles. The number of rotatable bonds is 1. The van der Waals surface area contributed by atoms with Gasteiger partial charge in [0.2, 0.25) is 0 Å². The van der Waals surface area contributed by atoms with Crippen molar-refractivity contribution in [3.05, 3.63) is 66.0 Å². The summed E-state index contributed by atoms with van der Waals surface area (Å²) in [5.41, 5.74) is 8.42. The molecule has 0 radical (unpaired) electrons. The van der Waals surface area contributed by atoms with Gasteiger partial charge in [-0.1, -0.05) is 36.4 Å². The van der Waals surface area contributed by atoms with Gasteiger partial charge in [-0.25, -0.2) is 8.91 Å². The van der Waals surface area contributed by atoms with E-state index in [9.17, 15) is 9.65 Å². The van der Waals surface area contributed by atoms with Gasteiger partial charge in [0.1, 0.15) is 17.4 Å². The van der Waals surface area contributed by atoms with Crippen LogP contribution in [0.25, 0.3) is 27.5 Å². The van der Waals surface area contributed by atoms with E-state index in [2.05, 4.69) is 11.2 Å². The highest BCUT2D eigenvalue weighted by Gasteiger charge is 2.17. The number of nitriles is 1. The highest BCUT2D eigenvalue weighted by molar-refractivity contribution is 6.02. The van der Waals surface area contributed by atoms with Gasteiger partial charge in [0.15, 0.2) is 5.82 Å². The fourth-order valence-corrected chi connectivity index (χ4v) is 2.85. The van der Waals surface area contributed by atoms with Crippen molar-refractivity contribution in [1.29, 1.82) is 5.26 Å². The van der Waals surface area contributed by atoms with Gasteiger partial charge in [0, 0.05) is 10.9 Å². The molecule has 4 rings (SSSR count). The monoisotopic (exact) mass is 302 g/mol. The third-order valence-corrected chi connectivity index (χ3v) is 3.88. The minimum atomic E-state index is -0.365. The molecule has 0 unspecified atom stereocenters. The molecule has 0 amide bonds. The smallest absolute Gasteiger partial charge is 0.164 e. The normalized spacial score (nSPS) is 11.0. The van der Waals surface area contributed by atoms with Gasteiger partial charge in [0.25, 0.3) is 0 Å². The number of nitrogens with two attached hydrogens (primary N) is 1. The Morgan fingerprint density at radius 1 is 1.09 bits per heavy atom. The van der Waals surface area contributed by atoms with E-state index in [1.807, 2.05) is 36.4 Å². The molecular formula is C18H11FN4. The largest absolute Gasteiger partial charge is 0.381 e. The molecule has 0 spiro atoms. The maximum absolute atomic E-state index is 13.7. The lowest BCUT2D eigenvalue weighted by Crippen LogP contribution is -1.96. The summed E-state index contributed by atoms with van der Waals surface area (Å²) >= 11 is 0. The van der Waals surface area contributed by atoms with E-state index >= 15 is 0 Å². The summed E-state index contributed by atoms with van der Waals surface area (Å²) in [6, 6.07) is 18.2. The summed E-state index contributed by atoms with van der Waals surface area (Å²) in [6.07, 6.45) is 0. The fourth-order valence-electron chi connectivity index (χ4n) is 2.85. The summed E-state index contributed by atoms with van der Waals surface area (Å²) in [5.74, 6) is -0.225. The molecule has 5 heteroatoms. The molecule has 110 valence electrons. The van der Waals surface area contributed by atoms with Gasteiger partial charge in [-0.05, 0) is 23.6 Å². The Bertz CT molecular complexity index is 1090. The summed E-state index contributed by atoms with van der Waals surface area (Å²) < 4.78 is 15.3. The van der Waals surface area contributed by atoms with Crippen LogP contribution in [-0.2, 0) is 0 Å². The van der Waals surface area contributed by atoms with Crippen LogP contribution in [0.4, 0.5) is 10.2 Å². The molecule has 0 fully saturated rings. The molecule has 2 aromatic carbocycles. The summed E-state index contributed by atoms with van der Waals surface area (Å²) in [7, 11) is 0. The molecule has 0 aliphatic heterocycles. The predicted molar refractivity (Wildman–Crippen MR) is 87.2 cm³/mol. The van der Waals surface area contributed by atoms with Gasteiger partial charge in [-0.2, -0.15) is 5.26 Å². The lowest BCUT2D eigenvalue weighted by atomic mass is 10.0. The maximum Gasteiger partial charge on any atom is 0.164 e. The third kappa shape index (κ3) is 1.93. The van der Waals surface area contributed by atoms with Crippen molar-refractivity contribution in [2.24, 2.45) is 0 Å². The molecular weight excluding hydrogens is 291 g/mol. The maximum atomic E-state index is 13.7. The Balaban J connectivity index is 2.24. The van der Waals surface area contributed by atoms with Crippen LogP contribution in [0.2, 0.25) is 0 Å². The minimum Gasteiger partial charge on any atom is -0.381 e. The van der Waals surface area contributed by atoms with E-state index < -0.39 is 0 Å². The number of nitrogens with zero attached hydrogens (tertiary/aromatic N) is 3. The van der Waals surface area contributed by atoms with Crippen LogP contribution in [0.5, 0.6) is 0 Å². The van der Waals surface area contributed by atoms with E-state index in [1.54, 1.807) is 10.6 Å². The number of hydrogen-bond donors (Lipinski definition) is 1. The van der Waals surface area contributed by atoms with Crippen molar-refractivity contribution in [3.63, 3.8) is 0 Å². The van der Waals surface area contributed by atoms with Crippen molar-refractivity contribution in [3.8, 4) is 17.3 Å². The number of nitrogen functional groups attached to an aromatic ring is 1. The topological polar surface area (TPSA) is 67.1 Å². The first-order chi connectivity index (χ1) is 11.2. The zero-order chi connectivity index (χ0) is 16.0. The summed E-state index contributed by atoms with van der Waals surface area (Å²) in [4.78, 5) is 0. The predicted octanol–water partition coefficient (Wildman–Crippen LogP) is 3.75. The Hall–Kier alpha value is -3.39. The van der Waals surface area contributed by atoms with E-state index in [4.69, 9.17) is 5.73 Å². The van der Waals surface area contributed by atoms with Crippen molar-refractivity contribution in [1.82, 2.24) is 9.61 Å². The van der Waals surface area contributed by atoms with Crippen molar-refractivity contribution in [2.45, 2.75) is 0 Å². The van der Waals surface area contributed by atoms with Crippen LogP contribution >= 0.6 is 0 Å². The Morgan fingerprint density at radius 3 is 2.61 bits per heavy atom. The highest BCUT2D eigenvalue weighted by Crippen LogP contribution is 2.32. The average molecular weight is 302 g/mol. The van der Waals surface area contributed by atoms with E-state index in [1.165, 1.54) is 12.1 Å². The van der Waals surface area contributed by atoms with E-state index in [0.29, 0.717) is 10.9 Å². The number of halogens is 1. The van der Waals surface area contributed by atoms with Gasteiger partial charge in [-0.3, -0.25) is 0 Å². The second-order valence-corrected chi connectivity index (χ2v) is 5.26. The molecule has 0 aliphatic rings. The van der Waals surface area contributed by atoms with Crippen LogP contribution in [0.15, 0.2) is 54.6 Å². The van der Waals surface area contributed by atoms with Crippen LogP contribution in [-0.4, -0.2) is 9.61 Å². The summed E-state index contributed by atoms with van der Waals surface area (Å²) in [5, 5.41) is 15.2. The zero-order valence-corrected chi connectivity index (χ0v) is 12.0. The van der Waals surface area contributed by atoms with E-state index in [0.717, 1.165) is 16.6 Å². The number of pyridine rings is 1. The van der Waals surface area contributed by atoms with Crippen LogP contribution in [0, 0.1) is 17.1 Å². The third-order valence-electron chi connectivity index (χ3n) is 3.88. The first-order valence-corrected chi connectivity index (χ1v) is 7.05. The molecule has 2 N–H and O–H groups in total. The number of anilines is 1. The number of aromatic nitrogens is 2. The number of benzene rings is 2. The van der Waals surface area contributed by atoms with Crippen molar-refractivity contribution in [2.75, 3.05) is 5.73 Å². The molecule has 0 atom stereocenters. The summed E-state index contributed by atoms with van der Waals surface area (Å²) in [6.45, 7) is 0. The van der Waals surface area contributed by atoms with Crippen LogP contribution < -0.4 is 5.73 Å². The number of fused-ring (bicyclic) bond motifs is 3. The lowest BCUT2D eigenvalue weighted by molar-refractivity contribution is 0.630. The standard InChI is InChI=1S/C18H11FN4/c19-13-7-6-12-8-16(11-4-2-1-3-5-11)23-17(14(12)9-13)15(10-20)18(21)22-23/h1-9H,(H2,21,22). The minimum absolute atomic E-state index is 0.140. The second kappa shape index (κ2) is 4.82. The highest BCUT2D eigenvalue weighted by atomic mass is 19.1. The van der Waals surface area contributed by atoms with Gasteiger partial charge >= 0.3 is 0 Å². The van der Waals surface area contributed by atoms with Crippen LogP contribution in [0.1, 0.15) is 5.56 Å². The fraction of sp³-hybridized carbons (Fsp3) is 0. The lowest BCUT2D eigenvalue weighted by Gasteiger charge is -2.09. The molecule has 4 nitrogen and oxygen atoms in total. The molecule has 0 saturated heterocycles. The van der Waals surface area contributed by atoms with Crippen molar-refractivity contribution < 1.29 is 4.39 Å². The second-order valence-electron chi connectivity index (χ2n) is 5.26. The van der Waals surface area contributed by atoms with E-state index in [-0.39, 0.29) is 17.2 Å². The molecule has 2 heterocycles. The Labute approximate surface area is 131 Å². The Morgan fingerprint density at radius 2 is 1.87 bits per heavy atom. The molecule has 4 aromatic rings. The Kier molecular flexibility index (Phi) is 2.78. The molecule has 0 aliphatic carbocycles.